The van der Waals surface area contributed by atoms with Crippen molar-refractivity contribution in [2.24, 2.45) is 5.73 Å². The van der Waals surface area contributed by atoms with Gasteiger partial charge in [0, 0.05) is 35.1 Å². The Balaban J connectivity index is 2.08. The minimum absolute atomic E-state index is 0.0136. The number of rotatable bonds is 11. The molecule has 2 rings (SSSR count). The van der Waals surface area contributed by atoms with Gasteiger partial charge in [-0.25, -0.2) is 0 Å². The van der Waals surface area contributed by atoms with Crippen LogP contribution in [0.1, 0.15) is 50.3 Å². The van der Waals surface area contributed by atoms with Gasteiger partial charge < -0.3 is 26.0 Å². The van der Waals surface area contributed by atoms with Crippen LogP contribution in [-0.2, 0) is 19.1 Å². The summed E-state index contributed by atoms with van der Waals surface area (Å²) < 4.78 is 4.93. The number of carbonyl (C=O) groups excluding carboxylic acids is 3. The van der Waals surface area contributed by atoms with E-state index in [0.717, 1.165) is 22.5 Å². The van der Waals surface area contributed by atoms with E-state index in [1.807, 2.05) is 39.8 Å². The zero-order valence-corrected chi connectivity index (χ0v) is 21.0. The van der Waals surface area contributed by atoms with Gasteiger partial charge in [0.1, 0.15) is 5.84 Å². The van der Waals surface area contributed by atoms with E-state index in [4.69, 9.17) is 15.9 Å². The number of amides is 2. The Morgan fingerprint density at radius 2 is 1.71 bits per heavy atom. The van der Waals surface area contributed by atoms with Crippen LogP contribution in [0.3, 0.4) is 0 Å². The topological polar surface area (TPSA) is 138 Å². The Hall–Kier alpha value is -3.88. The Morgan fingerprint density at radius 1 is 1.06 bits per heavy atom. The van der Waals surface area contributed by atoms with Crippen LogP contribution in [0, 0.1) is 19.3 Å². The zero-order chi connectivity index (χ0) is 26.1. The van der Waals surface area contributed by atoms with Crippen molar-refractivity contribution in [2.75, 3.05) is 28.7 Å². The first-order chi connectivity index (χ1) is 16.5. The Bertz CT molecular complexity index is 1080. The van der Waals surface area contributed by atoms with Gasteiger partial charge in [0.2, 0.25) is 11.8 Å². The third kappa shape index (κ3) is 7.84. The fourth-order valence-corrected chi connectivity index (χ4v) is 3.60. The Kier molecular flexibility index (Phi) is 9.81. The molecule has 0 bridgehead atoms. The highest BCUT2D eigenvalue weighted by atomic mass is 16.5. The van der Waals surface area contributed by atoms with Gasteiger partial charge in [-0.05, 0) is 82.1 Å². The molecule has 2 aromatic carbocycles. The average molecular weight is 482 g/mol. The first-order valence-corrected chi connectivity index (χ1v) is 11.6. The molecule has 0 aliphatic carbocycles. The number of esters is 1. The van der Waals surface area contributed by atoms with E-state index in [1.165, 1.54) is 0 Å². The van der Waals surface area contributed by atoms with Crippen molar-refractivity contribution in [2.45, 2.75) is 53.5 Å². The predicted octanol–water partition coefficient (Wildman–Crippen LogP) is 3.72. The fraction of sp³-hybridized carbons (Fsp3) is 0.385. The number of ether oxygens (including phenoxy) is 1. The van der Waals surface area contributed by atoms with Gasteiger partial charge in [-0.1, -0.05) is 0 Å². The van der Waals surface area contributed by atoms with E-state index >= 15 is 0 Å². The highest BCUT2D eigenvalue weighted by Crippen LogP contribution is 2.29. The number of carbonyl (C=O) groups is 3. The highest BCUT2D eigenvalue weighted by Gasteiger charge is 2.23. The number of benzene rings is 2. The van der Waals surface area contributed by atoms with Gasteiger partial charge in [-0.2, -0.15) is 0 Å². The van der Waals surface area contributed by atoms with E-state index in [2.05, 4.69) is 10.6 Å². The van der Waals surface area contributed by atoms with Crippen LogP contribution in [-0.4, -0.2) is 42.8 Å². The van der Waals surface area contributed by atoms with Gasteiger partial charge in [-0.3, -0.25) is 19.8 Å². The molecule has 188 valence electrons. The summed E-state index contributed by atoms with van der Waals surface area (Å²) in [6.07, 6.45) is 0.0968. The second-order valence-electron chi connectivity index (χ2n) is 8.51. The van der Waals surface area contributed by atoms with Crippen molar-refractivity contribution in [3.8, 4) is 0 Å². The molecule has 0 unspecified atom stereocenters. The van der Waals surface area contributed by atoms with Gasteiger partial charge in [-0.15, -0.1) is 0 Å². The molecule has 0 atom stereocenters. The van der Waals surface area contributed by atoms with Gasteiger partial charge >= 0.3 is 5.97 Å². The number of nitrogens with one attached hydrogen (secondary N) is 3. The van der Waals surface area contributed by atoms with Crippen LogP contribution < -0.4 is 21.3 Å². The number of aryl methyl sites for hydroxylation is 2. The molecule has 2 aromatic rings. The lowest BCUT2D eigenvalue weighted by Crippen LogP contribution is -2.38. The second-order valence-corrected chi connectivity index (χ2v) is 8.51. The molecular weight excluding hydrogens is 446 g/mol. The van der Waals surface area contributed by atoms with E-state index in [-0.39, 0.29) is 55.7 Å². The smallest absolute Gasteiger partial charge is 0.306 e. The van der Waals surface area contributed by atoms with Gasteiger partial charge in [0.15, 0.2) is 0 Å². The first-order valence-electron chi connectivity index (χ1n) is 11.6. The lowest BCUT2D eigenvalue weighted by atomic mass is 10.0. The van der Waals surface area contributed by atoms with Crippen molar-refractivity contribution < 1.29 is 19.1 Å². The van der Waals surface area contributed by atoms with E-state index < -0.39 is 0 Å². The minimum atomic E-state index is -0.390. The summed E-state index contributed by atoms with van der Waals surface area (Å²) in [6.45, 7) is 9.66. The van der Waals surface area contributed by atoms with Crippen molar-refractivity contribution >= 4 is 40.7 Å². The van der Waals surface area contributed by atoms with Crippen molar-refractivity contribution in [1.82, 2.24) is 0 Å². The second kappa shape index (κ2) is 12.5. The van der Waals surface area contributed by atoms with E-state index in [9.17, 15) is 14.4 Å². The third-order valence-electron chi connectivity index (χ3n) is 5.36. The minimum Gasteiger partial charge on any atom is -0.466 e. The zero-order valence-electron chi connectivity index (χ0n) is 21.0. The summed E-state index contributed by atoms with van der Waals surface area (Å²) in [7, 11) is 0. The molecule has 5 N–H and O–H groups in total. The maximum atomic E-state index is 12.9. The molecule has 35 heavy (non-hydrogen) atoms. The molecule has 9 nitrogen and oxygen atoms in total. The SMILES string of the molecule is CCOC(=O)CCC(=O)N(c1cc(C)c(NC(=O)CNc2ccc(C(=N)N)cc2)cc1C)C(C)C. The molecule has 2 amide bonds. The summed E-state index contributed by atoms with van der Waals surface area (Å²) in [5.41, 5.74) is 9.85. The maximum absolute atomic E-state index is 12.9. The number of hydrogen-bond acceptors (Lipinski definition) is 6. The number of nitrogen functional groups attached to an aromatic ring is 1. The monoisotopic (exact) mass is 481 g/mol. The normalized spacial score (nSPS) is 10.6. The summed E-state index contributed by atoms with van der Waals surface area (Å²) in [5, 5.41) is 13.4. The summed E-state index contributed by atoms with van der Waals surface area (Å²) in [6, 6.07) is 10.6. The molecule has 0 aliphatic rings. The predicted molar refractivity (Wildman–Crippen MR) is 139 cm³/mol. The molecular formula is C26H35N5O4. The van der Waals surface area contributed by atoms with Crippen LogP contribution in [0.15, 0.2) is 36.4 Å². The molecule has 0 aromatic heterocycles. The lowest BCUT2D eigenvalue weighted by Gasteiger charge is -2.29. The highest BCUT2D eigenvalue weighted by molar-refractivity contribution is 5.98. The average Bonchev–Trinajstić information content (AvgIpc) is 2.79. The summed E-state index contributed by atoms with van der Waals surface area (Å²) in [5.74, 6) is -0.784. The molecule has 0 saturated carbocycles. The number of nitrogens with two attached hydrogens (primary N) is 1. The third-order valence-corrected chi connectivity index (χ3v) is 5.36. The molecule has 0 heterocycles. The number of amidine groups is 1. The molecule has 9 heteroatoms. The summed E-state index contributed by atoms with van der Waals surface area (Å²) in [4.78, 5) is 38.8. The van der Waals surface area contributed by atoms with Crippen LogP contribution in [0.2, 0.25) is 0 Å². The first kappa shape index (κ1) is 27.4. The van der Waals surface area contributed by atoms with Crippen molar-refractivity contribution in [1.29, 1.82) is 5.41 Å². The summed E-state index contributed by atoms with van der Waals surface area (Å²) >= 11 is 0. The van der Waals surface area contributed by atoms with Gasteiger partial charge in [0.25, 0.3) is 0 Å². The van der Waals surface area contributed by atoms with Crippen molar-refractivity contribution in [3.05, 3.63) is 53.1 Å². The number of nitrogens with zero attached hydrogens (tertiary/aromatic N) is 1. The lowest BCUT2D eigenvalue weighted by molar-refractivity contribution is -0.144. The van der Waals surface area contributed by atoms with Crippen LogP contribution in [0.5, 0.6) is 0 Å². The molecule has 0 aliphatic heterocycles. The molecule has 0 spiro atoms. The van der Waals surface area contributed by atoms with Crippen LogP contribution >= 0.6 is 0 Å². The largest absolute Gasteiger partial charge is 0.466 e. The van der Waals surface area contributed by atoms with E-state index in [1.54, 1.807) is 36.1 Å². The quantitative estimate of drug-likeness (QED) is 0.219. The van der Waals surface area contributed by atoms with E-state index in [0.29, 0.717) is 11.3 Å². The van der Waals surface area contributed by atoms with Crippen molar-refractivity contribution in [3.63, 3.8) is 0 Å². The number of anilines is 3. The molecule has 0 fully saturated rings. The number of hydrogen-bond donors (Lipinski definition) is 4. The fourth-order valence-electron chi connectivity index (χ4n) is 3.60. The Labute approximate surface area is 206 Å². The van der Waals surface area contributed by atoms with Crippen LogP contribution in [0.25, 0.3) is 0 Å². The molecule has 0 saturated heterocycles. The van der Waals surface area contributed by atoms with Crippen LogP contribution in [0.4, 0.5) is 17.1 Å². The Morgan fingerprint density at radius 3 is 2.29 bits per heavy atom. The van der Waals surface area contributed by atoms with Gasteiger partial charge in [0.05, 0.1) is 19.6 Å². The maximum Gasteiger partial charge on any atom is 0.306 e. The standard InChI is InChI=1S/C26H35N5O4/c1-6-35-25(34)12-11-24(33)31(16(2)3)22-14-17(4)21(13-18(22)5)30-23(32)15-29-20-9-7-19(8-10-20)26(27)28/h7-10,13-14,16,29H,6,11-12,15H2,1-5H3,(H3,27,28)(H,30,32). The molecule has 0 radical (unpaired) electrons.